The summed E-state index contributed by atoms with van der Waals surface area (Å²) in [5.74, 6) is 4.23. The Bertz CT molecular complexity index is 2600. The van der Waals surface area contributed by atoms with Crippen molar-refractivity contribution in [1.29, 1.82) is 0 Å². The number of pyridine rings is 1. The van der Waals surface area contributed by atoms with E-state index in [1.54, 1.807) is 31.9 Å². The van der Waals surface area contributed by atoms with Crippen LogP contribution in [0.4, 0.5) is 0 Å². The third kappa shape index (κ3) is 9.61. The molecule has 2 aliphatic heterocycles. The lowest BCUT2D eigenvalue weighted by atomic mass is 9.99. The van der Waals surface area contributed by atoms with Gasteiger partial charge in [0.2, 0.25) is 5.56 Å². The van der Waals surface area contributed by atoms with Gasteiger partial charge in [-0.05, 0) is 83.1 Å². The molecule has 13 heteroatoms. The minimum atomic E-state index is -0.0530. The predicted octanol–water partition coefficient (Wildman–Crippen LogP) is 9.35. The second-order valence-corrected chi connectivity index (χ2v) is 16.2. The molecule has 0 aliphatic carbocycles. The number of methoxy groups -OCH3 is 2. The van der Waals surface area contributed by atoms with Crippen LogP contribution >= 0.6 is 15.9 Å². The number of nitrogens with zero attached hydrogens (tertiary/aromatic N) is 5. The van der Waals surface area contributed by atoms with Crippen molar-refractivity contribution >= 4 is 38.0 Å². The van der Waals surface area contributed by atoms with E-state index in [1.165, 1.54) is 0 Å². The van der Waals surface area contributed by atoms with Crippen LogP contribution in [-0.2, 0) is 52.7 Å². The van der Waals surface area contributed by atoms with E-state index in [1.807, 2.05) is 72.9 Å². The smallest absolute Gasteiger partial charge is 0.250 e. The van der Waals surface area contributed by atoms with E-state index in [4.69, 9.17) is 38.4 Å². The number of ether oxygens (including phenoxy) is 6. The van der Waals surface area contributed by atoms with Crippen molar-refractivity contribution in [2.45, 2.75) is 64.2 Å². The number of halogens is 1. The summed E-state index contributed by atoms with van der Waals surface area (Å²) in [5, 5.41) is 0. The molecule has 0 atom stereocenters. The fraction of sp³-hybridized carbons (Fsp3) is 0.354. The Labute approximate surface area is 364 Å². The molecule has 0 radical (unpaired) electrons. The highest BCUT2D eigenvalue weighted by atomic mass is 79.9. The Morgan fingerprint density at radius 2 is 1.13 bits per heavy atom. The fourth-order valence-corrected chi connectivity index (χ4v) is 8.57. The summed E-state index contributed by atoms with van der Waals surface area (Å²) in [7, 11) is 5.17. The van der Waals surface area contributed by atoms with Crippen molar-refractivity contribution < 1.29 is 28.4 Å². The third-order valence-corrected chi connectivity index (χ3v) is 11.9. The maximum Gasteiger partial charge on any atom is 0.250 e. The highest BCUT2D eigenvalue weighted by Crippen LogP contribution is 2.40. The largest absolute Gasteiger partial charge is 0.486 e. The van der Waals surface area contributed by atoms with Crippen LogP contribution in [0.3, 0.4) is 0 Å². The molecule has 9 rings (SSSR count). The SMILES string of the molecule is COCn1c(C2CCOCC2)nc2c(OCc3ccccc3)c(-c3ccc(=O)n(C)c3)ccc21.COCn1c(C2CCOCC2)nc2c(OCc3ccccc3)c(Br)ccc21. The quantitative estimate of drug-likeness (QED) is 0.112. The van der Waals surface area contributed by atoms with Crippen molar-refractivity contribution in [3.05, 3.63) is 141 Å². The molecule has 0 saturated carbocycles. The second kappa shape index (κ2) is 20.0. The molecule has 318 valence electrons. The Kier molecular flexibility index (Phi) is 13.9. The summed E-state index contributed by atoms with van der Waals surface area (Å²) < 4.78 is 41.6. The zero-order valence-electron chi connectivity index (χ0n) is 34.9. The number of imidazole rings is 2. The van der Waals surface area contributed by atoms with Crippen molar-refractivity contribution in [1.82, 2.24) is 23.7 Å². The summed E-state index contributed by atoms with van der Waals surface area (Å²) in [5.41, 5.74) is 7.64. The third-order valence-electron chi connectivity index (χ3n) is 11.3. The molecular formula is C48H52BrN5O7. The lowest BCUT2D eigenvalue weighted by Gasteiger charge is -2.22. The number of benzene rings is 4. The van der Waals surface area contributed by atoms with Crippen molar-refractivity contribution in [3.8, 4) is 22.6 Å². The lowest BCUT2D eigenvalue weighted by molar-refractivity contribution is 0.0788. The second-order valence-electron chi connectivity index (χ2n) is 15.4. The zero-order valence-corrected chi connectivity index (χ0v) is 36.5. The molecule has 0 amide bonds. The average Bonchev–Trinajstić information content (AvgIpc) is 3.86. The monoisotopic (exact) mass is 889 g/mol. The minimum Gasteiger partial charge on any atom is -0.486 e. The normalized spacial score (nSPS) is 14.9. The summed E-state index contributed by atoms with van der Waals surface area (Å²) in [6, 6.07) is 31.9. The maximum absolute atomic E-state index is 12.0. The topological polar surface area (TPSA) is 113 Å². The Hall–Kier alpha value is -5.31. The first-order valence-electron chi connectivity index (χ1n) is 20.8. The minimum absolute atomic E-state index is 0.0530. The molecule has 0 N–H and O–H groups in total. The van der Waals surface area contributed by atoms with Gasteiger partial charge in [-0.15, -0.1) is 0 Å². The zero-order chi connectivity index (χ0) is 42.1. The molecule has 61 heavy (non-hydrogen) atoms. The molecule has 0 spiro atoms. The first-order chi connectivity index (χ1) is 29.9. The van der Waals surface area contributed by atoms with Gasteiger partial charge in [-0.25, -0.2) is 9.97 Å². The molecule has 0 unspecified atom stereocenters. The molecule has 5 heterocycles. The molecule has 2 saturated heterocycles. The number of fused-ring (bicyclic) bond motifs is 2. The predicted molar refractivity (Wildman–Crippen MR) is 239 cm³/mol. The van der Waals surface area contributed by atoms with Crippen molar-refractivity contribution in [3.63, 3.8) is 0 Å². The maximum atomic E-state index is 12.0. The van der Waals surface area contributed by atoms with Gasteiger partial charge in [-0.3, -0.25) is 4.79 Å². The van der Waals surface area contributed by atoms with Crippen LogP contribution in [0.25, 0.3) is 33.2 Å². The van der Waals surface area contributed by atoms with E-state index < -0.39 is 0 Å². The van der Waals surface area contributed by atoms with Gasteiger partial charge in [-0.1, -0.05) is 60.7 Å². The van der Waals surface area contributed by atoms with Gasteiger partial charge >= 0.3 is 0 Å². The van der Waals surface area contributed by atoms with Gasteiger partial charge in [-0.2, -0.15) is 0 Å². The number of hydrogen-bond donors (Lipinski definition) is 0. The van der Waals surface area contributed by atoms with Crippen LogP contribution in [0.15, 0.2) is 113 Å². The highest BCUT2D eigenvalue weighted by Gasteiger charge is 2.27. The van der Waals surface area contributed by atoms with Crippen LogP contribution in [-0.4, -0.2) is 64.3 Å². The average molecular weight is 891 g/mol. The Morgan fingerprint density at radius 1 is 0.639 bits per heavy atom. The molecule has 4 aromatic carbocycles. The summed E-state index contributed by atoms with van der Waals surface area (Å²) >= 11 is 3.63. The van der Waals surface area contributed by atoms with Crippen molar-refractivity contribution in [2.75, 3.05) is 40.6 Å². The van der Waals surface area contributed by atoms with E-state index >= 15 is 0 Å². The van der Waals surface area contributed by atoms with Crippen LogP contribution in [0.5, 0.6) is 11.5 Å². The Morgan fingerprint density at radius 3 is 1.64 bits per heavy atom. The molecule has 0 bridgehead atoms. The van der Waals surface area contributed by atoms with Gasteiger partial charge in [0, 0.05) is 82.9 Å². The molecule has 2 aliphatic rings. The number of aryl methyl sites for hydroxylation is 1. The van der Waals surface area contributed by atoms with Crippen molar-refractivity contribution in [2.24, 2.45) is 7.05 Å². The number of hydrogen-bond acceptors (Lipinski definition) is 9. The first-order valence-corrected chi connectivity index (χ1v) is 21.6. The van der Waals surface area contributed by atoms with Crippen LogP contribution in [0.1, 0.15) is 60.3 Å². The van der Waals surface area contributed by atoms with Gasteiger partial charge in [0.1, 0.15) is 49.4 Å². The van der Waals surface area contributed by atoms with E-state index in [9.17, 15) is 4.79 Å². The summed E-state index contributed by atoms with van der Waals surface area (Å²) in [4.78, 5) is 22.1. The van der Waals surface area contributed by atoms with Crippen LogP contribution < -0.4 is 15.0 Å². The van der Waals surface area contributed by atoms with E-state index in [-0.39, 0.29) is 5.56 Å². The van der Waals surface area contributed by atoms with E-state index in [2.05, 4.69) is 49.3 Å². The fourth-order valence-electron chi connectivity index (χ4n) is 8.13. The van der Waals surface area contributed by atoms with E-state index in [0.717, 1.165) is 118 Å². The standard InChI is InChI=1S/C27H29N3O4.C21H23BrN2O3/c1-29-16-21(8-11-24(29)31)22-9-10-23-25(26(22)34-17-19-6-4-3-5-7-19)28-27(30(23)18-32-2)20-12-14-33-15-13-20;1-25-14-24-18-8-7-17(22)20(27-13-15-5-3-2-4-6-15)19(18)23-21(24)16-9-11-26-12-10-16/h3-11,16,20H,12-15,17-18H2,1-2H3;2-8,16H,9-14H2,1H3. The first kappa shape index (κ1) is 42.4. The molecule has 12 nitrogen and oxygen atoms in total. The summed E-state index contributed by atoms with van der Waals surface area (Å²) in [6.45, 7) is 4.85. The molecule has 3 aromatic heterocycles. The molecular weight excluding hydrogens is 838 g/mol. The highest BCUT2D eigenvalue weighted by molar-refractivity contribution is 9.10. The van der Waals surface area contributed by atoms with E-state index in [0.29, 0.717) is 44.3 Å². The Balaban J connectivity index is 0.000000173. The van der Waals surface area contributed by atoms with Gasteiger partial charge in [0.15, 0.2) is 11.5 Å². The summed E-state index contributed by atoms with van der Waals surface area (Å²) in [6.07, 6.45) is 5.66. The number of rotatable bonds is 13. The molecule has 7 aromatic rings. The van der Waals surface area contributed by atoms with Gasteiger partial charge in [0.25, 0.3) is 0 Å². The molecule has 2 fully saturated rings. The van der Waals surface area contributed by atoms with Gasteiger partial charge in [0.05, 0.1) is 15.5 Å². The lowest BCUT2D eigenvalue weighted by Crippen LogP contribution is -2.18. The van der Waals surface area contributed by atoms with Crippen LogP contribution in [0.2, 0.25) is 0 Å². The van der Waals surface area contributed by atoms with Crippen LogP contribution in [0, 0.1) is 0 Å². The number of aromatic nitrogens is 5. The van der Waals surface area contributed by atoms with Gasteiger partial charge < -0.3 is 42.1 Å².